The van der Waals surface area contributed by atoms with Crippen LogP contribution in [0.3, 0.4) is 0 Å². The molecule has 0 aliphatic carbocycles. The molecule has 0 unspecified atom stereocenters. The van der Waals surface area contributed by atoms with Gasteiger partial charge in [-0.2, -0.15) is 13.2 Å². The number of aromatic nitrogens is 2. The van der Waals surface area contributed by atoms with Crippen molar-refractivity contribution >= 4 is 5.91 Å². The number of nitrogens with zero attached hydrogens (tertiary/aromatic N) is 2. The Bertz CT molecular complexity index is 582. The van der Waals surface area contributed by atoms with Gasteiger partial charge >= 0.3 is 6.18 Å². The maximum atomic E-state index is 12.3. The zero-order valence-corrected chi connectivity index (χ0v) is 10.2. The molecule has 0 saturated heterocycles. The molecule has 0 bridgehead atoms. The Morgan fingerprint density at radius 3 is 2.40 bits per heavy atom. The topological polar surface area (TPSA) is 54.9 Å². The average molecular weight is 281 g/mol. The van der Waals surface area contributed by atoms with Crippen molar-refractivity contribution in [3.05, 3.63) is 59.7 Å². The summed E-state index contributed by atoms with van der Waals surface area (Å²) in [7, 11) is 0. The van der Waals surface area contributed by atoms with Gasteiger partial charge in [-0.25, -0.2) is 0 Å². The molecule has 104 valence electrons. The van der Waals surface area contributed by atoms with Crippen LogP contribution in [0.25, 0.3) is 0 Å². The Kier molecular flexibility index (Phi) is 3.97. The van der Waals surface area contributed by atoms with E-state index < -0.39 is 17.8 Å². The smallest absolute Gasteiger partial charge is 0.348 e. The quantitative estimate of drug-likeness (QED) is 0.940. The highest BCUT2D eigenvalue weighted by molar-refractivity contribution is 5.93. The molecule has 2 aromatic rings. The SMILES string of the molecule is O=C(NCc1ccncc1)c1ccc(C(F)(F)F)nc1. The number of alkyl halides is 3. The Morgan fingerprint density at radius 1 is 1.15 bits per heavy atom. The molecule has 0 aliphatic heterocycles. The summed E-state index contributed by atoms with van der Waals surface area (Å²) >= 11 is 0. The van der Waals surface area contributed by atoms with E-state index in [1.807, 2.05) is 0 Å². The first-order chi connectivity index (χ1) is 9.47. The highest BCUT2D eigenvalue weighted by Crippen LogP contribution is 2.27. The Morgan fingerprint density at radius 2 is 1.85 bits per heavy atom. The van der Waals surface area contributed by atoms with Crippen molar-refractivity contribution in [1.29, 1.82) is 0 Å². The van der Waals surface area contributed by atoms with E-state index in [0.717, 1.165) is 23.9 Å². The number of hydrogen-bond donors (Lipinski definition) is 1. The Hall–Kier alpha value is -2.44. The van der Waals surface area contributed by atoms with Gasteiger partial charge in [0.15, 0.2) is 0 Å². The number of amides is 1. The van der Waals surface area contributed by atoms with E-state index in [2.05, 4.69) is 15.3 Å². The molecule has 1 N–H and O–H groups in total. The fourth-order valence-electron chi connectivity index (χ4n) is 1.48. The van der Waals surface area contributed by atoms with E-state index in [1.54, 1.807) is 24.5 Å². The molecule has 1 amide bonds. The molecular weight excluding hydrogens is 271 g/mol. The third-order valence-corrected chi connectivity index (χ3v) is 2.52. The second-order valence-corrected chi connectivity index (χ2v) is 3.97. The lowest BCUT2D eigenvalue weighted by Gasteiger charge is -2.07. The van der Waals surface area contributed by atoms with Crippen molar-refractivity contribution in [2.75, 3.05) is 0 Å². The van der Waals surface area contributed by atoms with Crippen molar-refractivity contribution in [1.82, 2.24) is 15.3 Å². The minimum atomic E-state index is -4.51. The first kappa shape index (κ1) is 14.0. The lowest BCUT2D eigenvalue weighted by molar-refractivity contribution is -0.141. The summed E-state index contributed by atoms with van der Waals surface area (Å²) < 4.78 is 37.0. The van der Waals surface area contributed by atoms with Crippen LogP contribution >= 0.6 is 0 Å². The normalized spacial score (nSPS) is 11.2. The van der Waals surface area contributed by atoms with Crippen LogP contribution in [0.15, 0.2) is 42.9 Å². The number of carbonyl (C=O) groups excluding carboxylic acids is 1. The monoisotopic (exact) mass is 281 g/mol. The van der Waals surface area contributed by atoms with Crippen LogP contribution < -0.4 is 5.32 Å². The lowest BCUT2D eigenvalue weighted by Crippen LogP contribution is -2.23. The van der Waals surface area contributed by atoms with Crippen molar-refractivity contribution in [2.24, 2.45) is 0 Å². The average Bonchev–Trinajstić information content (AvgIpc) is 2.45. The highest BCUT2D eigenvalue weighted by Gasteiger charge is 2.32. The van der Waals surface area contributed by atoms with E-state index in [1.165, 1.54) is 0 Å². The standard InChI is InChI=1S/C13H10F3N3O/c14-13(15,16)11-2-1-10(8-18-11)12(20)19-7-9-3-5-17-6-4-9/h1-6,8H,7H2,(H,19,20). The molecular formula is C13H10F3N3O. The summed E-state index contributed by atoms with van der Waals surface area (Å²) in [6.07, 6.45) is -0.431. The van der Waals surface area contributed by atoms with Gasteiger partial charge in [0.25, 0.3) is 5.91 Å². The van der Waals surface area contributed by atoms with E-state index in [0.29, 0.717) is 0 Å². The van der Waals surface area contributed by atoms with Gasteiger partial charge in [0, 0.05) is 25.1 Å². The molecule has 2 heterocycles. The van der Waals surface area contributed by atoms with Crippen LogP contribution in [0.4, 0.5) is 13.2 Å². The molecule has 0 fully saturated rings. The molecule has 7 heteroatoms. The van der Waals surface area contributed by atoms with E-state index in [9.17, 15) is 18.0 Å². The van der Waals surface area contributed by atoms with Crippen LogP contribution in [0.1, 0.15) is 21.6 Å². The van der Waals surface area contributed by atoms with Gasteiger partial charge in [-0.05, 0) is 29.8 Å². The summed E-state index contributed by atoms with van der Waals surface area (Å²) in [5.41, 5.74) is -0.108. The summed E-state index contributed by atoms with van der Waals surface area (Å²) in [5, 5.41) is 2.59. The molecule has 20 heavy (non-hydrogen) atoms. The second-order valence-electron chi connectivity index (χ2n) is 3.97. The van der Waals surface area contributed by atoms with Gasteiger partial charge in [0.2, 0.25) is 0 Å². The highest BCUT2D eigenvalue weighted by atomic mass is 19.4. The molecule has 0 aliphatic rings. The fraction of sp³-hybridized carbons (Fsp3) is 0.154. The Labute approximate surface area is 112 Å². The summed E-state index contributed by atoms with van der Waals surface area (Å²) in [6, 6.07) is 5.33. The molecule has 0 radical (unpaired) electrons. The number of carbonyl (C=O) groups is 1. The molecule has 0 aromatic carbocycles. The number of nitrogens with one attached hydrogen (secondary N) is 1. The van der Waals surface area contributed by atoms with Crippen LogP contribution in [0.2, 0.25) is 0 Å². The van der Waals surface area contributed by atoms with Gasteiger partial charge in [0.05, 0.1) is 5.56 Å². The maximum Gasteiger partial charge on any atom is 0.433 e. The number of rotatable bonds is 3. The van der Waals surface area contributed by atoms with Crippen LogP contribution in [0.5, 0.6) is 0 Å². The zero-order chi connectivity index (χ0) is 14.6. The van der Waals surface area contributed by atoms with Crippen molar-refractivity contribution in [2.45, 2.75) is 12.7 Å². The second kappa shape index (κ2) is 5.68. The van der Waals surface area contributed by atoms with Crippen LogP contribution in [0, 0.1) is 0 Å². The van der Waals surface area contributed by atoms with Crippen LogP contribution in [-0.2, 0) is 12.7 Å². The predicted molar refractivity (Wildman–Crippen MR) is 64.6 cm³/mol. The minimum absolute atomic E-state index is 0.0760. The summed E-state index contributed by atoms with van der Waals surface area (Å²) in [5.74, 6) is -0.483. The molecule has 4 nitrogen and oxygen atoms in total. The molecule has 2 aromatic heterocycles. The third-order valence-electron chi connectivity index (χ3n) is 2.52. The number of halogens is 3. The molecule has 2 rings (SSSR count). The van der Waals surface area contributed by atoms with E-state index in [4.69, 9.17) is 0 Å². The predicted octanol–water partition coefficient (Wildman–Crippen LogP) is 2.43. The van der Waals surface area contributed by atoms with Crippen molar-refractivity contribution in [3.8, 4) is 0 Å². The lowest BCUT2D eigenvalue weighted by atomic mass is 10.2. The van der Waals surface area contributed by atoms with E-state index in [-0.39, 0.29) is 12.1 Å². The van der Waals surface area contributed by atoms with Gasteiger partial charge in [-0.1, -0.05) is 0 Å². The molecule has 0 saturated carbocycles. The Balaban J connectivity index is 1.99. The molecule has 0 atom stereocenters. The van der Waals surface area contributed by atoms with Crippen molar-refractivity contribution in [3.63, 3.8) is 0 Å². The van der Waals surface area contributed by atoms with Gasteiger partial charge in [0.1, 0.15) is 5.69 Å². The number of hydrogen-bond acceptors (Lipinski definition) is 3. The number of pyridine rings is 2. The largest absolute Gasteiger partial charge is 0.433 e. The first-order valence-corrected chi connectivity index (χ1v) is 5.67. The molecule has 0 spiro atoms. The minimum Gasteiger partial charge on any atom is -0.348 e. The van der Waals surface area contributed by atoms with Crippen molar-refractivity contribution < 1.29 is 18.0 Å². The van der Waals surface area contributed by atoms with E-state index >= 15 is 0 Å². The first-order valence-electron chi connectivity index (χ1n) is 5.67. The zero-order valence-electron chi connectivity index (χ0n) is 10.2. The summed E-state index contributed by atoms with van der Waals surface area (Å²) in [4.78, 5) is 18.8. The van der Waals surface area contributed by atoms with Gasteiger partial charge in [-0.15, -0.1) is 0 Å². The van der Waals surface area contributed by atoms with Crippen LogP contribution in [-0.4, -0.2) is 15.9 Å². The van der Waals surface area contributed by atoms with Gasteiger partial charge < -0.3 is 5.32 Å². The maximum absolute atomic E-state index is 12.3. The summed E-state index contributed by atoms with van der Waals surface area (Å²) in [6.45, 7) is 0.266. The fourth-order valence-corrected chi connectivity index (χ4v) is 1.48. The van der Waals surface area contributed by atoms with Gasteiger partial charge in [-0.3, -0.25) is 14.8 Å². The third kappa shape index (κ3) is 3.53.